The molecule has 3 N–H and O–H groups in total. The van der Waals surface area contributed by atoms with Crippen LogP contribution in [0, 0.1) is 0 Å². The maximum atomic E-state index is 11.9. The number of pyridine rings is 1. The Morgan fingerprint density at radius 1 is 1.00 bits per heavy atom. The number of amides is 2. The van der Waals surface area contributed by atoms with Crippen LogP contribution in [0.15, 0.2) is 79.4 Å². The van der Waals surface area contributed by atoms with Gasteiger partial charge in [-0.1, -0.05) is 24.8 Å². The van der Waals surface area contributed by atoms with Gasteiger partial charge >= 0.3 is 0 Å². The fourth-order valence-electron chi connectivity index (χ4n) is 3.53. The quantitative estimate of drug-likeness (QED) is 0.514. The molecule has 1 aliphatic rings. The van der Waals surface area contributed by atoms with Crippen LogP contribution in [0.2, 0.25) is 0 Å². The van der Waals surface area contributed by atoms with Crippen molar-refractivity contribution >= 4 is 17.6 Å². The number of primary amides is 1. The van der Waals surface area contributed by atoms with Crippen LogP contribution in [0.5, 0.6) is 23.1 Å². The smallest absolute Gasteiger partial charge is 0.254 e. The van der Waals surface area contributed by atoms with E-state index in [0.29, 0.717) is 30.4 Å². The zero-order valence-electron chi connectivity index (χ0n) is 17.9. The van der Waals surface area contributed by atoms with Crippen LogP contribution in [0.3, 0.4) is 0 Å². The van der Waals surface area contributed by atoms with Gasteiger partial charge in [-0.25, -0.2) is 0 Å². The predicted molar refractivity (Wildman–Crippen MR) is 125 cm³/mol. The molecule has 2 amide bonds. The summed E-state index contributed by atoms with van der Waals surface area (Å²) in [5.41, 5.74) is 5.70. The molecule has 0 spiro atoms. The van der Waals surface area contributed by atoms with Gasteiger partial charge < -0.3 is 25.4 Å². The zero-order chi connectivity index (χ0) is 23.2. The van der Waals surface area contributed by atoms with E-state index in [1.807, 2.05) is 35.2 Å². The van der Waals surface area contributed by atoms with E-state index < -0.39 is 5.91 Å². The Morgan fingerprint density at radius 2 is 1.67 bits per heavy atom. The van der Waals surface area contributed by atoms with Gasteiger partial charge in [-0.2, -0.15) is 4.98 Å². The lowest BCUT2D eigenvalue weighted by Gasteiger charge is -2.19. The molecular weight excluding hydrogens is 420 g/mol. The molecule has 33 heavy (non-hydrogen) atoms. The van der Waals surface area contributed by atoms with Crippen molar-refractivity contribution in [2.24, 2.45) is 5.73 Å². The summed E-state index contributed by atoms with van der Waals surface area (Å²) in [4.78, 5) is 30.0. The molecule has 1 aliphatic heterocycles. The molecule has 3 aromatic rings. The summed E-state index contributed by atoms with van der Waals surface area (Å²) < 4.78 is 11.7. The van der Waals surface area contributed by atoms with E-state index >= 15 is 0 Å². The van der Waals surface area contributed by atoms with Crippen molar-refractivity contribution in [1.29, 1.82) is 0 Å². The fourth-order valence-corrected chi connectivity index (χ4v) is 3.53. The molecule has 2 aromatic carbocycles. The average Bonchev–Trinajstić information content (AvgIpc) is 3.29. The first-order valence-corrected chi connectivity index (χ1v) is 10.5. The Labute approximate surface area is 191 Å². The number of anilines is 1. The molecule has 0 saturated carbocycles. The summed E-state index contributed by atoms with van der Waals surface area (Å²) in [5.74, 6) is 1.78. The summed E-state index contributed by atoms with van der Waals surface area (Å²) in [6.07, 6.45) is 2.03. The van der Waals surface area contributed by atoms with Crippen LogP contribution in [-0.4, -0.2) is 35.9 Å². The van der Waals surface area contributed by atoms with Gasteiger partial charge in [0.1, 0.15) is 28.6 Å². The standard InChI is InChI=1S/C25H24N4O4/c1-2-23(30)27-17-14-15-29(16-17)22-13-12-21(24(26)31)25(28-22)33-20-10-8-19(9-11-20)32-18-6-4-3-5-7-18/h2-13,17H,1,14-16H2,(H2,26,31)(H,27,30)/t17-/m0/s1. The number of para-hydroxylation sites is 1. The second-order valence-electron chi connectivity index (χ2n) is 7.52. The first-order chi connectivity index (χ1) is 16.0. The minimum Gasteiger partial charge on any atom is -0.457 e. The second-order valence-corrected chi connectivity index (χ2v) is 7.52. The molecule has 8 heteroatoms. The molecule has 0 aliphatic carbocycles. The monoisotopic (exact) mass is 444 g/mol. The fraction of sp³-hybridized carbons (Fsp3) is 0.160. The van der Waals surface area contributed by atoms with Gasteiger partial charge in [0.25, 0.3) is 5.91 Å². The molecule has 1 aromatic heterocycles. The molecule has 8 nitrogen and oxygen atoms in total. The largest absolute Gasteiger partial charge is 0.457 e. The van der Waals surface area contributed by atoms with E-state index in [2.05, 4.69) is 16.9 Å². The highest BCUT2D eigenvalue weighted by atomic mass is 16.5. The van der Waals surface area contributed by atoms with E-state index in [1.165, 1.54) is 6.08 Å². The Bertz CT molecular complexity index is 1150. The first kappa shape index (κ1) is 21.9. The van der Waals surface area contributed by atoms with Crippen LogP contribution in [-0.2, 0) is 4.79 Å². The van der Waals surface area contributed by atoms with E-state index in [0.717, 1.165) is 12.2 Å². The van der Waals surface area contributed by atoms with Crippen LogP contribution in [0.25, 0.3) is 0 Å². The first-order valence-electron chi connectivity index (χ1n) is 10.5. The van der Waals surface area contributed by atoms with E-state index in [1.54, 1.807) is 36.4 Å². The van der Waals surface area contributed by atoms with Crippen LogP contribution < -0.4 is 25.4 Å². The summed E-state index contributed by atoms with van der Waals surface area (Å²) in [6, 6.07) is 19.8. The van der Waals surface area contributed by atoms with Crippen molar-refractivity contribution in [3.8, 4) is 23.1 Å². The molecule has 0 radical (unpaired) electrons. The predicted octanol–water partition coefficient (Wildman–Crippen LogP) is 3.65. The lowest BCUT2D eigenvalue weighted by atomic mass is 10.2. The normalized spacial score (nSPS) is 15.0. The Morgan fingerprint density at radius 3 is 2.33 bits per heavy atom. The minimum absolute atomic E-state index is 0.00496. The summed E-state index contributed by atoms with van der Waals surface area (Å²) in [5, 5.41) is 2.89. The average molecular weight is 444 g/mol. The highest BCUT2D eigenvalue weighted by Crippen LogP contribution is 2.30. The zero-order valence-corrected chi connectivity index (χ0v) is 17.9. The number of hydrogen-bond acceptors (Lipinski definition) is 6. The van der Waals surface area contributed by atoms with Gasteiger partial charge in [-0.05, 0) is 61.0 Å². The van der Waals surface area contributed by atoms with Crippen molar-refractivity contribution in [3.63, 3.8) is 0 Å². The van der Waals surface area contributed by atoms with Crippen molar-refractivity contribution in [1.82, 2.24) is 10.3 Å². The minimum atomic E-state index is -0.634. The summed E-state index contributed by atoms with van der Waals surface area (Å²) in [6.45, 7) is 4.77. The SMILES string of the molecule is C=CC(=O)N[C@H]1CCN(c2ccc(C(N)=O)c(Oc3ccc(Oc4ccccc4)cc3)n2)C1. The highest BCUT2D eigenvalue weighted by molar-refractivity contribution is 5.95. The molecule has 2 heterocycles. The second kappa shape index (κ2) is 9.86. The highest BCUT2D eigenvalue weighted by Gasteiger charge is 2.25. The third-order valence-corrected chi connectivity index (χ3v) is 5.17. The number of carbonyl (C=O) groups excluding carboxylic acids is 2. The summed E-state index contributed by atoms with van der Waals surface area (Å²) in [7, 11) is 0. The Balaban J connectivity index is 1.49. The maximum absolute atomic E-state index is 11.9. The van der Waals surface area contributed by atoms with E-state index in [-0.39, 0.29) is 23.4 Å². The number of nitrogens with zero attached hydrogens (tertiary/aromatic N) is 2. The molecule has 168 valence electrons. The van der Waals surface area contributed by atoms with Gasteiger partial charge in [0.15, 0.2) is 0 Å². The molecule has 0 unspecified atom stereocenters. The molecule has 1 atom stereocenters. The molecular formula is C25H24N4O4. The number of ether oxygens (including phenoxy) is 2. The van der Waals surface area contributed by atoms with Gasteiger partial charge in [0.2, 0.25) is 11.8 Å². The van der Waals surface area contributed by atoms with E-state index in [9.17, 15) is 9.59 Å². The van der Waals surface area contributed by atoms with Crippen LogP contribution >= 0.6 is 0 Å². The lowest BCUT2D eigenvalue weighted by molar-refractivity contribution is -0.117. The van der Waals surface area contributed by atoms with Crippen molar-refractivity contribution < 1.29 is 19.1 Å². The molecule has 4 rings (SSSR count). The van der Waals surface area contributed by atoms with Crippen molar-refractivity contribution in [2.75, 3.05) is 18.0 Å². The summed E-state index contributed by atoms with van der Waals surface area (Å²) >= 11 is 0. The number of aromatic nitrogens is 1. The molecule has 0 bridgehead atoms. The topological polar surface area (TPSA) is 107 Å². The maximum Gasteiger partial charge on any atom is 0.254 e. The van der Waals surface area contributed by atoms with Crippen LogP contribution in [0.1, 0.15) is 16.8 Å². The third-order valence-electron chi connectivity index (χ3n) is 5.17. The number of nitrogens with one attached hydrogen (secondary N) is 1. The number of benzene rings is 2. The van der Waals surface area contributed by atoms with Gasteiger partial charge in [-0.3, -0.25) is 9.59 Å². The third kappa shape index (κ3) is 5.48. The number of rotatable bonds is 8. The lowest BCUT2D eigenvalue weighted by Crippen LogP contribution is -2.36. The number of hydrogen-bond donors (Lipinski definition) is 2. The van der Waals surface area contributed by atoms with Crippen molar-refractivity contribution in [2.45, 2.75) is 12.5 Å². The Kier molecular flexibility index (Phi) is 6.54. The van der Waals surface area contributed by atoms with E-state index in [4.69, 9.17) is 15.2 Å². The van der Waals surface area contributed by atoms with Gasteiger partial charge in [0, 0.05) is 19.1 Å². The number of carbonyl (C=O) groups is 2. The van der Waals surface area contributed by atoms with Gasteiger partial charge in [0.05, 0.1) is 0 Å². The van der Waals surface area contributed by atoms with Crippen LogP contribution in [0.4, 0.5) is 5.82 Å². The molecule has 1 fully saturated rings. The number of nitrogens with two attached hydrogens (primary N) is 1. The molecule has 1 saturated heterocycles. The van der Waals surface area contributed by atoms with Gasteiger partial charge in [-0.15, -0.1) is 0 Å². The van der Waals surface area contributed by atoms with Crippen molar-refractivity contribution in [3.05, 3.63) is 84.9 Å². The Hall–Kier alpha value is -4.33.